The first-order chi connectivity index (χ1) is 8.81. The number of thioether (sulfide) groups is 1. The van der Waals surface area contributed by atoms with E-state index in [9.17, 15) is 0 Å². The van der Waals surface area contributed by atoms with E-state index < -0.39 is 0 Å². The molecule has 1 N–H and O–H groups in total. The number of hydrogen-bond donors (Lipinski definition) is 1. The number of anilines is 1. The molecule has 0 fully saturated rings. The Hall–Kier alpha value is -1.34. The summed E-state index contributed by atoms with van der Waals surface area (Å²) >= 11 is 1.89. The second-order valence-electron chi connectivity index (χ2n) is 4.00. The average molecular weight is 264 g/mol. The van der Waals surface area contributed by atoms with Gasteiger partial charge in [-0.05, 0) is 37.0 Å². The summed E-state index contributed by atoms with van der Waals surface area (Å²) < 4.78 is 5.16. The molecule has 1 aromatic carbocycles. The summed E-state index contributed by atoms with van der Waals surface area (Å²) in [6, 6.07) is 7.66. The van der Waals surface area contributed by atoms with E-state index in [0.29, 0.717) is 5.56 Å². The highest BCUT2D eigenvalue weighted by Crippen LogP contribution is 2.21. The van der Waals surface area contributed by atoms with Crippen molar-refractivity contribution in [2.24, 2.45) is 0 Å². The number of hydrogen-bond acceptors (Lipinski definition) is 4. The number of ether oxygens (including phenoxy) is 1. The van der Waals surface area contributed by atoms with Crippen LogP contribution in [0, 0.1) is 11.3 Å². The molecule has 0 aliphatic rings. The summed E-state index contributed by atoms with van der Waals surface area (Å²) in [5, 5.41) is 12.3. The molecule has 1 rings (SSSR count). The van der Waals surface area contributed by atoms with Crippen LogP contribution in [0.1, 0.15) is 24.8 Å². The van der Waals surface area contributed by atoms with Gasteiger partial charge in [0.1, 0.15) is 11.8 Å². The molecule has 0 aliphatic carbocycles. The number of nitrogens with one attached hydrogen (secondary N) is 1. The molecule has 18 heavy (non-hydrogen) atoms. The van der Waals surface area contributed by atoms with Crippen molar-refractivity contribution in [1.29, 1.82) is 5.26 Å². The topological polar surface area (TPSA) is 45.0 Å². The molecular weight excluding hydrogens is 244 g/mol. The molecule has 0 saturated heterocycles. The SMILES string of the molecule is COc1ccc(C#N)c(NCCCCCSC)c1. The van der Waals surface area contributed by atoms with Gasteiger partial charge >= 0.3 is 0 Å². The third-order valence-electron chi connectivity index (χ3n) is 2.69. The Balaban J connectivity index is 2.43. The summed E-state index contributed by atoms with van der Waals surface area (Å²) in [7, 11) is 1.63. The Morgan fingerprint density at radius 3 is 2.83 bits per heavy atom. The highest BCUT2D eigenvalue weighted by Gasteiger charge is 2.03. The summed E-state index contributed by atoms with van der Waals surface area (Å²) in [4.78, 5) is 0. The minimum atomic E-state index is 0.667. The molecule has 0 unspecified atom stereocenters. The number of nitriles is 1. The number of benzene rings is 1. The molecule has 0 radical (unpaired) electrons. The number of nitrogens with zero attached hydrogens (tertiary/aromatic N) is 1. The van der Waals surface area contributed by atoms with E-state index in [4.69, 9.17) is 10.00 Å². The van der Waals surface area contributed by atoms with Crippen LogP contribution in [0.3, 0.4) is 0 Å². The van der Waals surface area contributed by atoms with Crippen molar-refractivity contribution < 1.29 is 4.74 Å². The lowest BCUT2D eigenvalue weighted by Crippen LogP contribution is -2.03. The zero-order chi connectivity index (χ0) is 13.2. The first-order valence-electron chi connectivity index (χ1n) is 6.12. The van der Waals surface area contributed by atoms with E-state index in [1.165, 1.54) is 18.6 Å². The summed E-state index contributed by atoms with van der Waals surface area (Å²) in [5.41, 5.74) is 1.53. The van der Waals surface area contributed by atoms with Gasteiger partial charge in [0.25, 0.3) is 0 Å². The molecular formula is C14H20N2OS. The fourth-order valence-corrected chi connectivity index (χ4v) is 2.16. The van der Waals surface area contributed by atoms with Crippen LogP contribution >= 0.6 is 11.8 Å². The molecule has 3 nitrogen and oxygen atoms in total. The third kappa shape index (κ3) is 4.89. The molecule has 0 aliphatic heterocycles. The van der Waals surface area contributed by atoms with E-state index in [-0.39, 0.29) is 0 Å². The lowest BCUT2D eigenvalue weighted by Gasteiger charge is -2.09. The highest BCUT2D eigenvalue weighted by atomic mass is 32.2. The fraction of sp³-hybridized carbons (Fsp3) is 0.500. The zero-order valence-corrected chi connectivity index (χ0v) is 11.8. The first-order valence-corrected chi connectivity index (χ1v) is 7.52. The fourth-order valence-electron chi connectivity index (χ4n) is 1.67. The molecule has 0 saturated carbocycles. The Kier molecular flexibility index (Phi) is 7.12. The third-order valence-corrected chi connectivity index (χ3v) is 3.38. The van der Waals surface area contributed by atoms with E-state index in [1.807, 2.05) is 23.9 Å². The molecule has 0 aromatic heterocycles. The Labute approximate surface area is 114 Å². The predicted molar refractivity (Wildman–Crippen MR) is 78.4 cm³/mol. The van der Waals surface area contributed by atoms with Crippen molar-refractivity contribution >= 4 is 17.4 Å². The molecule has 0 heterocycles. The summed E-state index contributed by atoms with van der Waals surface area (Å²) in [6.45, 7) is 0.899. The van der Waals surface area contributed by atoms with E-state index in [1.54, 1.807) is 13.2 Å². The Morgan fingerprint density at radius 1 is 1.33 bits per heavy atom. The second-order valence-corrected chi connectivity index (χ2v) is 4.99. The molecule has 0 amide bonds. The van der Waals surface area contributed by atoms with Gasteiger partial charge in [0.15, 0.2) is 0 Å². The maximum atomic E-state index is 9.02. The quantitative estimate of drug-likeness (QED) is 0.730. The minimum absolute atomic E-state index is 0.667. The van der Waals surface area contributed by atoms with Gasteiger partial charge in [0, 0.05) is 12.6 Å². The van der Waals surface area contributed by atoms with Gasteiger partial charge in [0.2, 0.25) is 0 Å². The maximum Gasteiger partial charge on any atom is 0.121 e. The Morgan fingerprint density at radius 2 is 2.17 bits per heavy atom. The van der Waals surface area contributed by atoms with Crippen molar-refractivity contribution in [2.45, 2.75) is 19.3 Å². The molecule has 4 heteroatoms. The van der Waals surface area contributed by atoms with Crippen molar-refractivity contribution in [2.75, 3.05) is 31.0 Å². The molecule has 0 spiro atoms. The van der Waals surface area contributed by atoms with Crippen molar-refractivity contribution in [3.8, 4) is 11.8 Å². The molecule has 0 bridgehead atoms. The zero-order valence-electron chi connectivity index (χ0n) is 11.0. The summed E-state index contributed by atoms with van der Waals surface area (Å²) in [6.07, 6.45) is 5.74. The normalized spacial score (nSPS) is 9.83. The molecule has 0 atom stereocenters. The van der Waals surface area contributed by atoms with Crippen LogP contribution in [0.25, 0.3) is 0 Å². The van der Waals surface area contributed by atoms with Gasteiger partial charge in [0.05, 0.1) is 18.4 Å². The van der Waals surface area contributed by atoms with E-state index in [0.717, 1.165) is 24.4 Å². The van der Waals surface area contributed by atoms with Crippen LogP contribution in [0.2, 0.25) is 0 Å². The number of methoxy groups -OCH3 is 1. The number of unbranched alkanes of at least 4 members (excludes halogenated alkanes) is 2. The second kappa shape index (κ2) is 8.71. The van der Waals surface area contributed by atoms with Gasteiger partial charge in [-0.1, -0.05) is 6.42 Å². The van der Waals surface area contributed by atoms with Crippen molar-refractivity contribution in [3.63, 3.8) is 0 Å². The van der Waals surface area contributed by atoms with Gasteiger partial charge in [-0.3, -0.25) is 0 Å². The van der Waals surface area contributed by atoms with Crippen LogP contribution in [-0.4, -0.2) is 25.7 Å². The summed E-state index contributed by atoms with van der Waals surface area (Å²) in [5.74, 6) is 2.00. The van der Waals surface area contributed by atoms with E-state index >= 15 is 0 Å². The Bertz CT molecular complexity index is 401. The largest absolute Gasteiger partial charge is 0.497 e. The lowest BCUT2D eigenvalue weighted by molar-refractivity contribution is 0.415. The van der Waals surface area contributed by atoms with Crippen LogP contribution < -0.4 is 10.1 Å². The van der Waals surface area contributed by atoms with Gasteiger partial charge in [-0.25, -0.2) is 0 Å². The maximum absolute atomic E-state index is 9.02. The van der Waals surface area contributed by atoms with Crippen LogP contribution in [-0.2, 0) is 0 Å². The predicted octanol–water partition coefficient (Wildman–Crippen LogP) is 3.51. The van der Waals surface area contributed by atoms with Gasteiger partial charge in [-0.2, -0.15) is 17.0 Å². The van der Waals surface area contributed by atoms with Crippen LogP contribution in [0.15, 0.2) is 18.2 Å². The number of rotatable bonds is 8. The van der Waals surface area contributed by atoms with E-state index in [2.05, 4.69) is 17.6 Å². The van der Waals surface area contributed by atoms with Crippen molar-refractivity contribution in [3.05, 3.63) is 23.8 Å². The average Bonchev–Trinajstić information content (AvgIpc) is 2.42. The standard InChI is InChI=1S/C14H20N2OS/c1-17-13-7-6-12(11-15)14(10-13)16-8-4-3-5-9-18-2/h6-7,10,16H,3-5,8-9H2,1-2H3. The highest BCUT2D eigenvalue weighted by molar-refractivity contribution is 7.98. The van der Waals surface area contributed by atoms with Gasteiger partial charge < -0.3 is 10.1 Å². The molecule has 1 aromatic rings. The smallest absolute Gasteiger partial charge is 0.121 e. The monoisotopic (exact) mass is 264 g/mol. The first kappa shape index (κ1) is 14.7. The minimum Gasteiger partial charge on any atom is -0.497 e. The van der Waals surface area contributed by atoms with Crippen LogP contribution in [0.5, 0.6) is 5.75 Å². The lowest BCUT2D eigenvalue weighted by atomic mass is 10.1. The molecule has 98 valence electrons. The van der Waals surface area contributed by atoms with Crippen molar-refractivity contribution in [1.82, 2.24) is 0 Å². The van der Waals surface area contributed by atoms with Gasteiger partial charge in [-0.15, -0.1) is 0 Å². The van der Waals surface area contributed by atoms with Crippen LogP contribution in [0.4, 0.5) is 5.69 Å².